The molecule has 1 aliphatic heterocycles. The number of fused-ring (bicyclic) bond motifs is 1. The lowest BCUT2D eigenvalue weighted by Gasteiger charge is -2.17. The average Bonchev–Trinajstić information content (AvgIpc) is 3.03. The van der Waals surface area contributed by atoms with E-state index < -0.39 is 5.97 Å². The summed E-state index contributed by atoms with van der Waals surface area (Å²) >= 11 is 0. The molecular weight excluding hydrogens is 234 g/mol. The average molecular weight is 249 g/mol. The molecule has 6 nitrogen and oxygen atoms in total. The normalized spacial score (nSPS) is 30.4. The maximum Gasteiger partial charge on any atom is 0.306 e. The standard InChI is InChI=1S/C12H15N3O3/c16-11(10-1-2-13-14-10)15-5-8-3-7(12(17)18)4-9(8)6-15/h1-2,7-9H,3-6H2,(H,13,14)(H,17,18)/t7?,8-,9+. The largest absolute Gasteiger partial charge is 0.481 e. The Bertz CT molecular complexity index is 457. The van der Waals surface area contributed by atoms with Crippen molar-refractivity contribution in [2.24, 2.45) is 17.8 Å². The van der Waals surface area contributed by atoms with Gasteiger partial charge < -0.3 is 10.0 Å². The van der Waals surface area contributed by atoms with Crippen LogP contribution in [0.4, 0.5) is 0 Å². The monoisotopic (exact) mass is 249 g/mol. The second-order valence-corrected chi connectivity index (χ2v) is 5.21. The molecule has 18 heavy (non-hydrogen) atoms. The van der Waals surface area contributed by atoms with E-state index in [4.69, 9.17) is 5.11 Å². The molecule has 3 atom stereocenters. The van der Waals surface area contributed by atoms with Crippen LogP contribution in [0.3, 0.4) is 0 Å². The van der Waals surface area contributed by atoms with Crippen LogP contribution >= 0.6 is 0 Å². The first-order valence-electron chi connectivity index (χ1n) is 6.16. The second kappa shape index (κ2) is 4.12. The van der Waals surface area contributed by atoms with Crippen LogP contribution in [0.5, 0.6) is 0 Å². The molecule has 2 heterocycles. The van der Waals surface area contributed by atoms with Gasteiger partial charge in [-0.15, -0.1) is 0 Å². The summed E-state index contributed by atoms with van der Waals surface area (Å²) in [4.78, 5) is 24.8. The van der Waals surface area contributed by atoms with Crippen molar-refractivity contribution in [1.82, 2.24) is 15.1 Å². The number of rotatable bonds is 2. The number of carbonyl (C=O) groups is 2. The van der Waals surface area contributed by atoms with Crippen LogP contribution in [-0.4, -0.2) is 45.2 Å². The Morgan fingerprint density at radius 3 is 2.50 bits per heavy atom. The third-order valence-corrected chi connectivity index (χ3v) is 4.12. The van der Waals surface area contributed by atoms with Crippen LogP contribution in [0.2, 0.25) is 0 Å². The van der Waals surface area contributed by atoms with E-state index in [2.05, 4.69) is 10.2 Å². The second-order valence-electron chi connectivity index (χ2n) is 5.21. The Morgan fingerprint density at radius 2 is 2.00 bits per heavy atom. The van der Waals surface area contributed by atoms with Crippen molar-refractivity contribution in [2.75, 3.05) is 13.1 Å². The smallest absolute Gasteiger partial charge is 0.306 e. The molecule has 96 valence electrons. The number of amides is 1. The summed E-state index contributed by atoms with van der Waals surface area (Å²) in [6, 6.07) is 1.66. The van der Waals surface area contributed by atoms with Gasteiger partial charge >= 0.3 is 5.97 Å². The summed E-state index contributed by atoms with van der Waals surface area (Å²) in [5.74, 6) is -0.259. The fourth-order valence-corrected chi connectivity index (χ4v) is 3.21. The van der Waals surface area contributed by atoms with E-state index in [0.717, 1.165) is 0 Å². The summed E-state index contributed by atoms with van der Waals surface area (Å²) in [6.45, 7) is 1.35. The van der Waals surface area contributed by atoms with Gasteiger partial charge in [0, 0.05) is 19.3 Å². The summed E-state index contributed by atoms with van der Waals surface area (Å²) in [5, 5.41) is 15.4. The van der Waals surface area contributed by atoms with E-state index in [9.17, 15) is 9.59 Å². The molecule has 1 aromatic rings. The van der Waals surface area contributed by atoms with Crippen molar-refractivity contribution in [2.45, 2.75) is 12.8 Å². The van der Waals surface area contributed by atoms with Gasteiger partial charge in [0.05, 0.1) is 5.92 Å². The summed E-state index contributed by atoms with van der Waals surface area (Å²) in [5.41, 5.74) is 0.504. The van der Waals surface area contributed by atoms with Gasteiger partial charge in [0.2, 0.25) is 0 Å². The fourth-order valence-electron chi connectivity index (χ4n) is 3.21. The molecule has 1 saturated carbocycles. The third-order valence-electron chi connectivity index (χ3n) is 4.12. The van der Waals surface area contributed by atoms with Crippen molar-refractivity contribution in [1.29, 1.82) is 0 Å². The summed E-state index contributed by atoms with van der Waals surface area (Å²) < 4.78 is 0. The van der Waals surface area contributed by atoms with E-state index >= 15 is 0 Å². The summed E-state index contributed by atoms with van der Waals surface area (Å²) in [6.07, 6.45) is 2.96. The van der Waals surface area contributed by atoms with E-state index in [-0.39, 0.29) is 11.8 Å². The number of H-pyrrole nitrogens is 1. The number of hydrogen-bond donors (Lipinski definition) is 2. The molecule has 0 radical (unpaired) electrons. The van der Waals surface area contributed by atoms with Gasteiger partial charge in [0.1, 0.15) is 5.69 Å². The van der Waals surface area contributed by atoms with Crippen LogP contribution in [-0.2, 0) is 4.79 Å². The molecule has 1 unspecified atom stereocenters. The van der Waals surface area contributed by atoms with Crippen LogP contribution in [0.15, 0.2) is 12.3 Å². The SMILES string of the molecule is O=C(O)C1C[C@@H]2CN(C(=O)c3ccn[nH]3)C[C@@H]2C1. The number of hydrogen-bond acceptors (Lipinski definition) is 3. The number of aromatic nitrogens is 2. The molecule has 6 heteroatoms. The Labute approximate surface area is 104 Å². The third kappa shape index (κ3) is 1.77. The van der Waals surface area contributed by atoms with Crippen LogP contribution in [0, 0.1) is 17.8 Å². The van der Waals surface area contributed by atoms with Gasteiger partial charge in [-0.2, -0.15) is 5.10 Å². The van der Waals surface area contributed by atoms with Crippen molar-refractivity contribution >= 4 is 11.9 Å². The highest BCUT2D eigenvalue weighted by molar-refractivity contribution is 5.92. The van der Waals surface area contributed by atoms with Crippen molar-refractivity contribution < 1.29 is 14.7 Å². The molecule has 1 amide bonds. The Hall–Kier alpha value is -1.85. The quantitative estimate of drug-likeness (QED) is 0.803. The molecular formula is C12H15N3O3. The first-order valence-corrected chi connectivity index (χ1v) is 6.16. The van der Waals surface area contributed by atoms with Crippen molar-refractivity contribution in [3.8, 4) is 0 Å². The Kier molecular flexibility index (Phi) is 2.57. The van der Waals surface area contributed by atoms with Gasteiger partial charge in [-0.1, -0.05) is 0 Å². The van der Waals surface area contributed by atoms with E-state index in [1.54, 1.807) is 17.2 Å². The molecule has 1 aliphatic carbocycles. The minimum atomic E-state index is -0.698. The molecule has 0 bridgehead atoms. The molecule has 2 N–H and O–H groups in total. The molecule has 1 saturated heterocycles. The summed E-state index contributed by atoms with van der Waals surface area (Å²) in [7, 11) is 0. The predicted molar refractivity (Wildman–Crippen MR) is 61.8 cm³/mol. The maximum atomic E-state index is 12.1. The highest BCUT2D eigenvalue weighted by atomic mass is 16.4. The number of carbonyl (C=O) groups excluding carboxylic acids is 1. The van der Waals surface area contributed by atoms with E-state index in [1.165, 1.54) is 0 Å². The molecule has 3 rings (SSSR count). The van der Waals surface area contributed by atoms with E-state index in [1.807, 2.05) is 0 Å². The fraction of sp³-hybridized carbons (Fsp3) is 0.583. The van der Waals surface area contributed by atoms with Crippen LogP contribution in [0.1, 0.15) is 23.3 Å². The number of nitrogens with one attached hydrogen (secondary N) is 1. The van der Waals surface area contributed by atoms with Gasteiger partial charge in [-0.3, -0.25) is 14.7 Å². The lowest BCUT2D eigenvalue weighted by atomic mass is 10.0. The first kappa shape index (κ1) is 11.3. The van der Waals surface area contributed by atoms with Gasteiger partial charge in [0.15, 0.2) is 0 Å². The number of aromatic amines is 1. The molecule has 0 aromatic carbocycles. The minimum absolute atomic E-state index is 0.0335. The first-order chi connectivity index (χ1) is 8.65. The molecule has 2 fully saturated rings. The molecule has 1 aromatic heterocycles. The molecule has 2 aliphatic rings. The van der Waals surface area contributed by atoms with Crippen LogP contribution in [0.25, 0.3) is 0 Å². The maximum absolute atomic E-state index is 12.1. The highest BCUT2D eigenvalue weighted by Gasteiger charge is 2.44. The van der Waals surface area contributed by atoms with Gasteiger partial charge in [-0.25, -0.2) is 0 Å². The number of nitrogens with zero attached hydrogens (tertiary/aromatic N) is 2. The lowest BCUT2D eigenvalue weighted by molar-refractivity contribution is -0.141. The lowest BCUT2D eigenvalue weighted by Crippen LogP contribution is -2.30. The van der Waals surface area contributed by atoms with Gasteiger partial charge in [0.25, 0.3) is 5.91 Å². The number of likely N-dealkylation sites (tertiary alicyclic amines) is 1. The van der Waals surface area contributed by atoms with Crippen molar-refractivity contribution in [3.63, 3.8) is 0 Å². The zero-order valence-corrected chi connectivity index (χ0v) is 9.87. The van der Waals surface area contributed by atoms with E-state index in [0.29, 0.717) is 43.5 Å². The van der Waals surface area contributed by atoms with Crippen molar-refractivity contribution in [3.05, 3.63) is 18.0 Å². The van der Waals surface area contributed by atoms with Gasteiger partial charge in [-0.05, 0) is 30.7 Å². The Balaban J connectivity index is 1.65. The number of carboxylic acids is 1. The topological polar surface area (TPSA) is 86.3 Å². The van der Waals surface area contributed by atoms with Crippen LogP contribution < -0.4 is 0 Å². The number of carboxylic acid groups (broad SMARTS) is 1. The zero-order valence-electron chi connectivity index (χ0n) is 9.87. The predicted octanol–water partition coefficient (Wildman–Crippen LogP) is 0.593. The number of aliphatic carboxylic acids is 1. The zero-order chi connectivity index (χ0) is 12.7. The minimum Gasteiger partial charge on any atom is -0.481 e. The Morgan fingerprint density at radius 1 is 1.33 bits per heavy atom. The highest BCUT2D eigenvalue weighted by Crippen LogP contribution is 2.41. The molecule has 0 spiro atoms.